The van der Waals surface area contributed by atoms with E-state index in [0.717, 1.165) is 22.5 Å². The number of methoxy groups -OCH3 is 1. The van der Waals surface area contributed by atoms with Gasteiger partial charge in [-0.25, -0.2) is 0 Å². The Morgan fingerprint density at radius 1 is 1.00 bits per heavy atom. The fourth-order valence-corrected chi connectivity index (χ4v) is 2.94. The second-order valence-electron chi connectivity index (χ2n) is 6.24. The van der Waals surface area contributed by atoms with Gasteiger partial charge in [-0.1, -0.05) is 23.7 Å². The summed E-state index contributed by atoms with van der Waals surface area (Å²) in [5.74, 6) is 0.662. The lowest BCUT2D eigenvalue weighted by Crippen LogP contribution is -2.14. The van der Waals surface area contributed by atoms with Gasteiger partial charge >= 0.3 is 0 Å². The van der Waals surface area contributed by atoms with Crippen LogP contribution in [0, 0.1) is 0 Å². The third kappa shape index (κ3) is 3.97. The molecule has 1 aromatic heterocycles. The summed E-state index contributed by atoms with van der Waals surface area (Å²) >= 11 is 5.87. The fraction of sp³-hybridized carbons (Fsp3) is 0.0952. The van der Waals surface area contributed by atoms with E-state index in [1.807, 2.05) is 54.6 Å². The normalized spacial score (nSPS) is 10.8. The van der Waals surface area contributed by atoms with Crippen molar-refractivity contribution in [3.05, 3.63) is 77.3 Å². The standard InChI is InChI=1S/C21H17ClN4O2/c1-28-18-9-7-17(8-10-18)26-24-19-11-6-16(13-20(19)25-26)23-21(27)12-14-2-4-15(22)5-3-14/h2-11,13H,12H2,1H3,(H,23,27). The lowest BCUT2D eigenvalue weighted by molar-refractivity contribution is -0.115. The van der Waals surface area contributed by atoms with Crippen LogP contribution in [0.15, 0.2) is 66.7 Å². The summed E-state index contributed by atoms with van der Waals surface area (Å²) in [7, 11) is 1.62. The first-order valence-electron chi connectivity index (χ1n) is 8.66. The maximum Gasteiger partial charge on any atom is 0.228 e. The lowest BCUT2D eigenvalue weighted by Gasteiger charge is -2.05. The topological polar surface area (TPSA) is 69.0 Å². The zero-order valence-corrected chi connectivity index (χ0v) is 15.8. The van der Waals surface area contributed by atoms with Crippen molar-refractivity contribution in [3.63, 3.8) is 0 Å². The molecule has 28 heavy (non-hydrogen) atoms. The number of amides is 1. The van der Waals surface area contributed by atoms with E-state index in [9.17, 15) is 4.79 Å². The van der Waals surface area contributed by atoms with Crippen molar-refractivity contribution < 1.29 is 9.53 Å². The van der Waals surface area contributed by atoms with E-state index >= 15 is 0 Å². The van der Waals surface area contributed by atoms with Gasteiger partial charge in [-0.15, -0.1) is 10.2 Å². The number of hydrogen-bond donors (Lipinski definition) is 1. The van der Waals surface area contributed by atoms with Gasteiger partial charge in [0.15, 0.2) is 0 Å². The van der Waals surface area contributed by atoms with E-state index in [2.05, 4.69) is 15.5 Å². The second kappa shape index (κ2) is 7.70. The molecule has 1 amide bonds. The third-order valence-corrected chi connectivity index (χ3v) is 4.50. The molecule has 0 radical (unpaired) electrons. The van der Waals surface area contributed by atoms with Gasteiger partial charge in [0.05, 0.1) is 19.2 Å². The quantitative estimate of drug-likeness (QED) is 0.551. The van der Waals surface area contributed by atoms with Crippen LogP contribution < -0.4 is 10.1 Å². The number of hydrogen-bond acceptors (Lipinski definition) is 4. The number of rotatable bonds is 5. The minimum absolute atomic E-state index is 0.107. The van der Waals surface area contributed by atoms with Gasteiger partial charge in [-0.2, -0.15) is 4.80 Å². The van der Waals surface area contributed by atoms with Gasteiger partial charge in [-0.05, 0) is 60.2 Å². The van der Waals surface area contributed by atoms with Crippen LogP contribution in [0.4, 0.5) is 5.69 Å². The van der Waals surface area contributed by atoms with Gasteiger partial charge in [0.1, 0.15) is 16.8 Å². The molecule has 0 fully saturated rings. The summed E-state index contributed by atoms with van der Waals surface area (Å²) in [5.41, 5.74) is 3.83. The van der Waals surface area contributed by atoms with Gasteiger partial charge in [0, 0.05) is 10.7 Å². The van der Waals surface area contributed by atoms with E-state index in [4.69, 9.17) is 16.3 Å². The number of anilines is 1. The Balaban J connectivity index is 1.50. The molecule has 0 aliphatic carbocycles. The molecule has 0 aliphatic rings. The van der Waals surface area contributed by atoms with Gasteiger partial charge in [0.25, 0.3) is 0 Å². The number of fused-ring (bicyclic) bond motifs is 1. The highest BCUT2D eigenvalue weighted by molar-refractivity contribution is 6.30. The Labute approximate surface area is 166 Å². The molecular formula is C21H17ClN4O2. The molecule has 0 bridgehead atoms. The molecule has 4 rings (SSSR count). The third-order valence-electron chi connectivity index (χ3n) is 4.25. The van der Waals surface area contributed by atoms with Crippen molar-refractivity contribution in [1.82, 2.24) is 15.0 Å². The molecule has 4 aromatic rings. The average Bonchev–Trinajstić information content (AvgIpc) is 3.13. The molecule has 7 heteroatoms. The molecule has 0 aliphatic heterocycles. The molecule has 0 atom stereocenters. The van der Waals surface area contributed by atoms with Crippen LogP contribution in [-0.2, 0) is 11.2 Å². The van der Waals surface area contributed by atoms with Crippen molar-refractivity contribution in [1.29, 1.82) is 0 Å². The van der Waals surface area contributed by atoms with Crippen molar-refractivity contribution in [2.75, 3.05) is 12.4 Å². The predicted molar refractivity (Wildman–Crippen MR) is 109 cm³/mol. The summed E-state index contributed by atoms with van der Waals surface area (Å²) < 4.78 is 5.17. The van der Waals surface area contributed by atoms with Crippen molar-refractivity contribution in [3.8, 4) is 11.4 Å². The van der Waals surface area contributed by atoms with Crippen LogP contribution in [0.5, 0.6) is 5.75 Å². The average molecular weight is 393 g/mol. The highest BCUT2D eigenvalue weighted by atomic mass is 35.5. The summed E-state index contributed by atoms with van der Waals surface area (Å²) in [6, 6.07) is 20.1. The molecule has 1 heterocycles. The van der Waals surface area contributed by atoms with Crippen molar-refractivity contribution >= 4 is 34.2 Å². The number of halogens is 1. The predicted octanol–water partition coefficient (Wildman–Crippen LogP) is 4.26. The number of nitrogens with zero attached hydrogens (tertiary/aromatic N) is 3. The number of carbonyl (C=O) groups excluding carboxylic acids is 1. The Bertz CT molecular complexity index is 1120. The number of carbonyl (C=O) groups is 1. The summed E-state index contributed by atoms with van der Waals surface area (Å²) in [6.07, 6.45) is 0.272. The molecule has 0 unspecified atom stereocenters. The Morgan fingerprint density at radius 3 is 2.43 bits per heavy atom. The molecule has 1 N–H and O–H groups in total. The van der Waals surface area contributed by atoms with Gasteiger partial charge in [-0.3, -0.25) is 4.79 Å². The minimum atomic E-state index is -0.107. The first kappa shape index (κ1) is 18.0. The summed E-state index contributed by atoms with van der Waals surface area (Å²) in [4.78, 5) is 13.9. The number of nitrogens with one attached hydrogen (secondary N) is 1. The van der Waals surface area contributed by atoms with E-state index < -0.39 is 0 Å². The van der Waals surface area contributed by atoms with E-state index in [1.54, 1.807) is 24.0 Å². The molecule has 0 saturated heterocycles. The lowest BCUT2D eigenvalue weighted by atomic mass is 10.1. The second-order valence-corrected chi connectivity index (χ2v) is 6.68. The zero-order chi connectivity index (χ0) is 19.5. The highest BCUT2D eigenvalue weighted by Crippen LogP contribution is 2.19. The van der Waals surface area contributed by atoms with Gasteiger partial charge < -0.3 is 10.1 Å². The Kier molecular flexibility index (Phi) is 4.95. The van der Waals surface area contributed by atoms with Crippen LogP contribution in [0.3, 0.4) is 0 Å². The smallest absolute Gasteiger partial charge is 0.228 e. The van der Waals surface area contributed by atoms with Crippen LogP contribution >= 0.6 is 11.6 Å². The SMILES string of the molecule is COc1ccc(-n2nc3ccc(NC(=O)Cc4ccc(Cl)cc4)cc3n2)cc1. The summed E-state index contributed by atoms with van der Waals surface area (Å²) in [5, 5.41) is 12.5. The number of aromatic nitrogens is 3. The first-order valence-corrected chi connectivity index (χ1v) is 9.04. The first-order chi connectivity index (χ1) is 13.6. The monoisotopic (exact) mass is 392 g/mol. The molecule has 140 valence electrons. The van der Waals surface area contributed by atoms with E-state index in [0.29, 0.717) is 16.2 Å². The fourth-order valence-electron chi connectivity index (χ4n) is 2.82. The molecular weight excluding hydrogens is 376 g/mol. The number of benzene rings is 3. The molecule has 6 nitrogen and oxygen atoms in total. The Hall–Kier alpha value is -3.38. The van der Waals surface area contributed by atoms with Crippen molar-refractivity contribution in [2.45, 2.75) is 6.42 Å². The van der Waals surface area contributed by atoms with Crippen LogP contribution in [0.1, 0.15) is 5.56 Å². The van der Waals surface area contributed by atoms with Gasteiger partial charge in [0.2, 0.25) is 5.91 Å². The summed E-state index contributed by atoms with van der Waals surface area (Å²) in [6.45, 7) is 0. The number of ether oxygens (including phenoxy) is 1. The zero-order valence-electron chi connectivity index (χ0n) is 15.1. The largest absolute Gasteiger partial charge is 0.497 e. The maximum absolute atomic E-state index is 12.3. The molecule has 3 aromatic carbocycles. The van der Waals surface area contributed by atoms with Crippen LogP contribution in [0.2, 0.25) is 5.02 Å². The van der Waals surface area contributed by atoms with Crippen LogP contribution in [0.25, 0.3) is 16.7 Å². The van der Waals surface area contributed by atoms with E-state index in [-0.39, 0.29) is 12.3 Å². The minimum Gasteiger partial charge on any atom is -0.497 e. The molecule has 0 saturated carbocycles. The van der Waals surface area contributed by atoms with Crippen molar-refractivity contribution in [2.24, 2.45) is 0 Å². The maximum atomic E-state index is 12.3. The van der Waals surface area contributed by atoms with E-state index in [1.165, 1.54) is 0 Å². The highest BCUT2D eigenvalue weighted by Gasteiger charge is 2.09. The Morgan fingerprint density at radius 2 is 1.71 bits per heavy atom. The molecule has 0 spiro atoms. The van der Waals surface area contributed by atoms with Crippen LogP contribution in [-0.4, -0.2) is 28.0 Å².